The van der Waals surface area contributed by atoms with Crippen molar-refractivity contribution in [3.8, 4) is 0 Å². The molecule has 0 bridgehead atoms. The van der Waals surface area contributed by atoms with Crippen LogP contribution < -0.4 is 5.32 Å². The van der Waals surface area contributed by atoms with Gasteiger partial charge in [-0.15, -0.1) is 0 Å². The summed E-state index contributed by atoms with van der Waals surface area (Å²) in [4.78, 5) is 11.8. The van der Waals surface area contributed by atoms with Gasteiger partial charge < -0.3 is 19.7 Å². The van der Waals surface area contributed by atoms with Gasteiger partial charge in [0, 0.05) is 31.0 Å². The molecule has 2 aromatic carbocycles. The molecule has 0 spiro atoms. The molecule has 1 saturated heterocycles. The van der Waals surface area contributed by atoms with Gasteiger partial charge in [0.1, 0.15) is 6.23 Å². The number of amides is 1. The number of fused-ring (bicyclic) bond motifs is 1. The predicted molar refractivity (Wildman–Crippen MR) is 135 cm³/mol. The Hall–Kier alpha value is -2.60. The molecule has 3 aromatic rings. The third-order valence-corrected chi connectivity index (χ3v) is 7.11. The number of nitrogens with zero attached hydrogens (tertiary/aromatic N) is 1. The van der Waals surface area contributed by atoms with Crippen molar-refractivity contribution in [2.24, 2.45) is 0 Å². The lowest BCUT2D eigenvalue weighted by atomic mass is 10.0. The number of benzene rings is 2. The molecule has 178 valence electrons. The van der Waals surface area contributed by atoms with Gasteiger partial charge in [-0.25, -0.2) is 0 Å². The van der Waals surface area contributed by atoms with Crippen LogP contribution in [-0.2, 0) is 16.0 Å². The van der Waals surface area contributed by atoms with E-state index in [4.69, 9.17) is 16.3 Å². The smallest absolute Gasteiger partial charge is 0.243 e. The molecule has 1 aliphatic carbocycles. The van der Waals surface area contributed by atoms with Gasteiger partial charge in [0.2, 0.25) is 5.91 Å². The zero-order valence-corrected chi connectivity index (χ0v) is 20.2. The number of carbonyl (C=O) groups is 1. The summed E-state index contributed by atoms with van der Waals surface area (Å²) in [5.41, 5.74) is 4.81. The lowest BCUT2D eigenvalue weighted by Crippen LogP contribution is -2.40. The third-order valence-electron chi connectivity index (χ3n) is 6.80. The fourth-order valence-corrected chi connectivity index (χ4v) is 5.26. The first-order chi connectivity index (χ1) is 16.5. The number of aliphatic hydroxyl groups is 1. The Morgan fingerprint density at radius 2 is 2.00 bits per heavy atom. The molecular weight excluding hydrogens is 448 g/mol. The number of hydrogen-bond acceptors (Lipinski definition) is 3. The van der Waals surface area contributed by atoms with Crippen LogP contribution in [0.5, 0.6) is 0 Å². The summed E-state index contributed by atoms with van der Waals surface area (Å²) in [6.07, 6.45) is 8.56. The van der Waals surface area contributed by atoms with Crippen molar-refractivity contribution in [2.45, 2.75) is 63.4 Å². The van der Waals surface area contributed by atoms with E-state index in [9.17, 15) is 9.90 Å². The molecule has 2 N–H and O–H groups in total. The standard InChI is InChI=1S/C28H31ClN2O3/c1-2-4-26(33)30-16-23-14-22(32)15-27(34-23)31-17-21(28-24(29)5-3-6-25(28)31)13-18-7-9-19(10-8-18)20-11-12-20/h2-10,17,20,22-23,27,32H,11-16H2,1H3,(H,30,33). The van der Waals surface area contributed by atoms with E-state index in [1.165, 1.54) is 30.0 Å². The maximum atomic E-state index is 11.8. The summed E-state index contributed by atoms with van der Waals surface area (Å²) in [5.74, 6) is 0.590. The van der Waals surface area contributed by atoms with Crippen LogP contribution in [0.25, 0.3) is 10.9 Å². The van der Waals surface area contributed by atoms with Crippen LogP contribution in [0.3, 0.4) is 0 Å². The topological polar surface area (TPSA) is 63.5 Å². The van der Waals surface area contributed by atoms with Gasteiger partial charge in [0.15, 0.2) is 0 Å². The second-order valence-corrected chi connectivity index (χ2v) is 9.88. The maximum Gasteiger partial charge on any atom is 0.243 e. The van der Waals surface area contributed by atoms with Gasteiger partial charge in [0.25, 0.3) is 0 Å². The lowest BCUT2D eigenvalue weighted by molar-refractivity contribution is -0.131. The van der Waals surface area contributed by atoms with Crippen LogP contribution in [-0.4, -0.2) is 34.3 Å². The van der Waals surface area contributed by atoms with Gasteiger partial charge in [-0.1, -0.05) is 48.0 Å². The fraction of sp³-hybridized carbons (Fsp3) is 0.393. The van der Waals surface area contributed by atoms with E-state index < -0.39 is 6.10 Å². The summed E-state index contributed by atoms with van der Waals surface area (Å²) in [6, 6.07) is 14.9. The highest BCUT2D eigenvalue weighted by Crippen LogP contribution is 2.40. The number of ether oxygens (including phenoxy) is 1. The molecule has 1 aromatic heterocycles. The van der Waals surface area contributed by atoms with Crippen molar-refractivity contribution in [1.29, 1.82) is 0 Å². The molecule has 3 atom stereocenters. The number of allylic oxidation sites excluding steroid dienone is 1. The SMILES string of the molecule is CC=CC(=O)NCC1CC(O)CC(n2cc(Cc3ccc(C4CC4)cc3)c3c(Cl)cccc32)O1. The molecule has 1 amide bonds. The summed E-state index contributed by atoms with van der Waals surface area (Å²) in [7, 11) is 0. The second-order valence-electron chi connectivity index (χ2n) is 9.47. The zero-order chi connectivity index (χ0) is 23.7. The summed E-state index contributed by atoms with van der Waals surface area (Å²) < 4.78 is 8.45. The predicted octanol–water partition coefficient (Wildman–Crippen LogP) is 5.49. The molecule has 3 unspecified atom stereocenters. The molecule has 5 nitrogen and oxygen atoms in total. The molecule has 2 aliphatic rings. The Labute approximate surface area is 205 Å². The van der Waals surface area contributed by atoms with E-state index in [1.807, 2.05) is 18.2 Å². The summed E-state index contributed by atoms with van der Waals surface area (Å²) >= 11 is 6.67. The summed E-state index contributed by atoms with van der Waals surface area (Å²) in [6.45, 7) is 2.16. The molecule has 1 saturated carbocycles. The third kappa shape index (κ3) is 5.07. The van der Waals surface area contributed by atoms with Crippen LogP contribution in [0, 0.1) is 0 Å². The molecular formula is C28H31ClN2O3. The molecule has 6 heteroatoms. The number of carbonyl (C=O) groups excluding carboxylic acids is 1. The van der Waals surface area contributed by atoms with Gasteiger partial charge >= 0.3 is 0 Å². The molecule has 0 radical (unpaired) electrons. The van der Waals surface area contributed by atoms with Crippen molar-refractivity contribution in [2.75, 3.05) is 6.54 Å². The average molecular weight is 479 g/mol. The van der Waals surface area contributed by atoms with Crippen molar-refractivity contribution in [1.82, 2.24) is 9.88 Å². The van der Waals surface area contributed by atoms with Crippen LogP contribution in [0.15, 0.2) is 60.8 Å². The minimum atomic E-state index is -0.502. The van der Waals surface area contributed by atoms with E-state index in [0.29, 0.717) is 24.4 Å². The molecule has 2 fully saturated rings. The van der Waals surface area contributed by atoms with Gasteiger partial charge in [-0.05, 0) is 67.0 Å². The van der Waals surface area contributed by atoms with Crippen molar-refractivity contribution in [3.63, 3.8) is 0 Å². The van der Waals surface area contributed by atoms with Gasteiger partial charge in [-0.3, -0.25) is 4.79 Å². The monoisotopic (exact) mass is 478 g/mol. The Kier molecular flexibility index (Phi) is 6.77. The average Bonchev–Trinajstić information content (AvgIpc) is 3.60. The zero-order valence-electron chi connectivity index (χ0n) is 19.4. The number of rotatable bonds is 7. The first-order valence-electron chi connectivity index (χ1n) is 12.1. The van der Waals surface area contributed by atoms with E-state index >= 15 is 0 Å². The van der Waals surface area contributed by atoms with E-state index in [-0.39, 0.29) is 18.2 Å². The first-order valence-corrected chi connectivity index (χ1v) is 12.5. The number of halogens is 1. The molecule has 1 aliphatic heterocycles. The number of nitrogens with one attached hydrogen (secondary N) is 1. The van der Waals surface area contributed by atoms with Crippen LogP contribution >= 0.6 is 11.6 Å². The van der Waals surface area contributed by atoms with Crippen LogP contribution in [0.4, 0.5) is 0 Å². The number of aromatic nitrogens is 1. The van der Waals surface area contributed by atoms with Crippen LogP contribution in [0.2, 0.25) is 5.02 Å². The van der Waals surface area contributed by atoms with E-state index in [1.54, 1.807) is 13.0 Å². The highest BCUT2D eigenvalue weighted by atomic mass is 35.5. The number of hydrogen-bond donors (Lipinski definition) is 2. The Balaban J connectivity index is 1.40. The summed E-state index contributed by atoms with van der Waals surface area (Å²) in [5, 5.41) is 15.2. The minimum Gasteiger partial charge on any atom is -0.393 e. The molecule has 2 heterocycles. The second kappa shape index (κ2) is 9.95. The Morgan fingerprint density at radius 3 is 2.74 bits per heavy atom. The Morgan fingerprint density at radius 1 is 1.21 bits per heavy atom. The van der Waals surface area contributed by atoms with Gasteiger partial charge in [-0.2, -0.15) is 0 Å². The highest BCUT2D eigenvalue weighted by Gasteiger charge is 2.31. The van der Waals surface area contributed by atoms with Crippen molar-refractivity contribution < 1.29 is 14.6 Å². The number of aliphatic hydroxyl groups excluding tert-OH is 1. The molecule has 5 rings (SSSR count). The lowest BCUT2D eigenvalue weighted by Gasteiger charge is -2.34. The quantitative estimate of drug-likeness (QED) is 0.441. The normalized spacial score (nSPS) is 23.0. The highest BCUT2D eigenvalue weighted by molar-refractivity contribution is 6.35. The van der Waals surface area contributed by atoms with E-state index in [2.05, 4.69) is 40.3 Å². The first kappa shape index (κ1) is 23.2. The maximum absolute atomic E-state index is 11.8. The Bertz CT molecular complexity index is 1200. The van der Waals surface area contributed by atoms with Gasteiger partial charge in [0.05, 0.1) is 22.7 Å². The molecule has 34 heavy (non-hydrogen) atoms. The van der Waals surface area contributed by atoms with E-state index in [0.717, 1.165) is 28.8 Å². The van der Waals surface area contributed by atoms with Crippen molar-refractivity contribution in [3.05, 3.63) is 82.5 Å². The minimum absolute atomic E-state index is 0.157. The fourth-order valence-electron chi connectivity index (χ4n) is 4.97. The van der Waals surface area contributed by atoms with Crippen molar-refractivity contribution >= 4 is 28.4 Å². The largest absolute Gasteiger partial charge is 0.393 e. The van der Waals surface area contributed by atoms with Crippen LogP contribution in [0.1, 0.15) is 61.4 Å².